The lowest BCUT2D eigenvalue weighted by Crippen LogP contribution is -2.12. The molecule has 0 saturated heterocycles. The molecule has 0 radical (unpaired) electrons. The largest absolute Gasteiger partial charge is 0.478 e. The van der Waals surface area contributed by atoms with E-state index in [0.717, 1.165) is 0 Å². The first-order valence-corrected chi connectivity index (χ1v) is 6.68. The minimum Gasteiger partial charge on any atom is -0.478 e. The van der Waals surface area contributed by atoms with E-state index in [4.69, 9.17) is 5.11 Å². The van der Waals surface area contributed by atoms with Crippen molar-refractivity contribution in [2.75, 3.05) is 11.9 Å². The third-order valence-corrected chi connectivity index (χ3v) is 3.13. The molecule has 0 atom stereocenters. The summed E-state index contributed by atoms with van der Waals surface area (Å²) in [6.45, 7) is 2.21. The summed E-state index contributed by atoms with van der Waals surface area (Å²) in [5.74, 6) is -1.27. The van der Waals surface area contributed by atoms with E-state index in [1.165, 1.54) is 6.33 Å². The molecule has 0 bridgehead atoms. The summed E-state index contributed by atoms with van der Waals surface area (Å²) < 4.78 is 13.9. The molecule has 2 N–H and O–H groups in total. The monoisotopic (exact) mass is 289 g/mol. The quantitative estimate of drug-likeness (QED) is 0.854. The molecule has 0 amide bonds. The molecule has 0 spiro atoms. The van der Waals surface area contributed by atoms with Crippen molar-refractivity contribution >= 4 is 11.8 Å². The molecule has 0 aliphatic heterocycles. The molecule has 1 aromatic heterocycles. The summed E-state index contributed by atoms with van der Waals surface area (Å²) >= 11 is 0. The summed E-state index contributed by atoms with van der Waals surface area (Å²) in [6.07, 6.45) is 2.27. The summed E-state index contributed by atoms with van der Waals surface area (Å²) in [4.78, 5) is 18.8. The van der Waals surface area contributed by atoms with Gasteiger partial charge in [-0.3, -0.25) is 0 Å². The Kier molecular flexibility index (Phi) is 4.81. The van der Waals surface area contributed by atoms with Crippen LogP contribution in [0.4, 0.5) is 10.2 Å². The standard InChI is InChI=1S/C15H16FN3O2/c1-2-12-13(16)14(19-9-18-12)17-8-7-10-5-3-4-6-11(10)15(20)21/h3-6,9H,2,7-8H2,1H3,(H,20,21)(H,17,18,19). The normalized spacial score (nSPS) is 10.4. The van der Waals surface area contributed by atoms with E-state index in [9.17, 15) is 9.18 Å². The molecule has 6 heteroatoms. The summed E-state index contributed by atoms with van der Waals surface area (Å²) in [5, 5.41) is 12.0. The molecule has 0 fully saturated rings. The van der Waals surface area contributed by atoms with Crippen LogP contribution < -0.4 is 5.32 Å². The minimum absolute atomic E-state index is 0.148. The zero-order valence-corrected chi connectivity index (χ0v) is 11.6. The van der Waals surface area contributed by atoms with Gasteiger partial charge in [0.2, 0.25) is 0 Å². The number of carboxylic acid groups (broad SMARTS) is 1. The van der Waals surface area contributed by atoms with Crippen LogP contribution in [-0.2, 0) is 12.8 Å². The third-order valence-electron chi connectivity index (χ3n) is 3.13. The van der Waals surface area contributed by atoms with E-state index in [0.29, 0.717) is 30.6 Å². The number of nitrogens with one attached hydrogen (secondary N) is 1. The predicted molar refractivity (Wildman–Crippen MR) is 77.0 cm³/mol. The van der Waals surface area contributed by atoms with Gasteiger partial charge < -0.3 is 10.4 Å². The van der Waals surface area contributed by atoms with E-state index in [-0.39, 0.29) is 11.4 Å². The Morgan fingerprint density at radius 2 is 2.10 bits per heavy atom. The van der Waals surface area contributed by atoms with Gasteiger partial charge in [0.05, 0.1) is 11.3 Å². The fourth-order valence-electron chi connectivity index (χ4n) is 2.04. The zero-order valence-electron chi connectivity index (χ0n) is 11.6. The number of aromatic carboxylic acids is 1. The van der Waals surface area contributed by atoms with Crippen LogP contribution in [-0.4, -0.2) is 27.6 Å². The van der Waals surface area contributed by atoms with E-state index < -0.39 is 11.8 Å². The maximum Gasteiger partial charge on any atom is 0.335 e. The van der Waals surface area contributed by atoms with Gasteiger partial charge in [0.1, 0.15) is 6.33 Å². The van der Waals surface area contributed by atoms with Crippen molar-refractivity contribution < 1.29 is 14.3 Å². The SMILES string of the molecule is CCc1ncnc(NCCc2ccccc2C(=O)O)c1F. The molecular formula is C15H16FN3O2. The van der Waals surface area contributed by atoms with E-state index in [1.807, 2.05) is 6.92 Å². The molecule has 2 rings (SSSR count). The van der Waals surface area contributed by atoms with Gasteiger partial charge in [-0.05, 0) is 24.5 Å². The molecule has 1 aromatic carbocycles. The number of hydrogen-bond acceptors (Lipinski definition) is 4. The first-order chi connectivity index (χ1) is 10.1. The Hall–Kier alpha value is -2.50. The molecule has 110 valence electrons. The number of benzene rings is 1. The topological polar surface area (TPSA) is 75.1 Å². The third kappa shape index (κ3) is 3.53. The van der Waals surface area contributed by atoms with Crippen LogP contribution in [0.3, 0.4) is 0 Å². The maximum absolute atomic E-state index is 13.9. The van der Waals surface area contributed by atoms with Crippen molar-refractivity contribution in [1.82, 2.24) is 9.97 Å². The fourth-order valence-corrected chi connectivity index (χ4v) is 2.04. The van der Waals surface area contributed by atoms with Crippen LogP contribution in [0.15, 0.2) is 30.6 Å². The second-order valence-corrected chi connectivity index (χ2v) is 4.48. The molecule has 5 nitrogen and oxygen atoms in total. The second kappa shape index (κ2) is 6.78. The van der Waals surface area contributed by atoms with Crippen molar-refractivity contribution in [1.29, 1.82) is 0 Å². The highest BCUT2D eigenvalue weighted by atomic mass is 19.1. The maximum atomic E-state index is 13.9. The number of halogens is 1. The average Bonchev–Trinajstić information content (AvgIpc) is 2.49. The number of rotatable bonds is 6. The Bertz CT molecular complexity index is 647. The summed E-state index contributed by atoms with van der Waals surface area (Å²) in [5.41, 5.74) is 1.32. The first kappa shape index (κ1) is 14.9. The van der Waals surface area contributed by atoms with Crippen LogP contribution in [0.1, 0.15) is 28.5 Å². The van der Waals surface area contributed by atoms with Gasteiger partial charge in [-0.25, -0.2) is 19.2 Å². The Balaban J connectivity index is 2.04. The van der Waals surface area contributed by atoms with Crippen LogP contribution >= 0.6 is 0 Å². The van der Waals surface area contributed by atoms with Crippen molar-refractivity contribution in [3.8, 4) is 0 Å². The van der Waals surface area contributed by atoms with Crippen LogP contribution in [0.25, 0.3) is 0 Å². The molecule has 0 aliphatic carbocycles. The highest BCUT2D eigenvalue weighted by Crippen LogP contribution is 2.14. The van der Waals surface area contributed by atoms with Gasteiger partial charge in [0.25, 0.3) is 0 Å². The van der Waals surface area contributed by atoms with Crippen molar-refractivity contribution in [3.05, 3.63) is 53.2 Å². The number of aromatic nitrogens is 2. The van der Waals surface area contributed by atoms with Gasteiger partial charge in [-0.1, -0.05) is 25.1 Å². The number of anilines is 1. The lowest BCUT2D eigenvalue weighted by molar-refractivity contribution is 0.0695. The molecule has 2 aromatic rings. The zero-order chi connectivity index (χ0) is 15.2. The summed E-state index contributed by atoms with van der Waals surface area (Å²) in [6, 6.07) is 6.76. The van der Waals surface area contributed by atoms with E-state index in [1.54, 1.807) is 24.3 Å². The van der Waals surface area contributed by atoms with Gasteiger partial charge in [-0.15, -0.1) is 0 Å². The number of carboxylic acids is 1. The second-order valence-electron chi connectivity index (χ2n) is 4.48. The number of carbonyl (C=O) groups is 1. The Morgan fingerprint density at radius 1 is 1.33 bits per heavy atom. The molecule has 0 unspecified atom stereocenters. The van der Waals surface area contributed by atoms with Crippen LogP contribution in [0, 0.1) is 5.82 Å². The van der Waals surface area contributed by atoms with E-state index >= 15 is 0 Å². The molecule has 21 heavy (non-hydrogen) atoms. The molecule has 1 heterocycles. The number of aryl methyl sites for hydroxylation is 1. The number of nitrogens with zero attached hydrogens (tertiary/aromatic N) is 2. The van der Waals surface area contributed by atoms with Gasteiger partial charge in [-0.2, -0.15) is 0 Å². The minimum atomic E-state index is -0.966. The van der Waals surface area contributed by atoms with Gasteiger partial charge in [0, 0.05) is 6.54 Å². The lowest BCUT2D eigenvalue weighted by Gasteiger charge is -2.09. The lowest BCUT2D eigenvalue weighted by atomic mass is 10.0. The molecule has 0 aliphatic rings. The molecular weight excluding hydrogens is 273 g/mol. The van der Waals surface area contributed by atoms with Crippen molar-refractivity contribution in [2.24, 2.45) is 0 Å². The Labute approximate surface area is 121 Å². The number of hydrogen-bond donors (Lipinski definition) is 2. The molecule has 0 saturated carbocycles. The Morgan fingerprint density at radius 3 is 2.81 bits per heavy atom. The van der Waals surface area contributed by atoms with E-state index in [2.05, 4.69) is 15.3 Å². The average molecular weight is 289 g/mol. The van der Waals surface area contributed by atoms with Gasteiger partial charge in [0.15, 0.2) is 11.6 Å². The van der Waals surface area contributed by atoms with Crippen LogP contribution in [0.5, 0.6) is 0 Å². The van der Waals surface area contributed by atoms with Gasteiger partial charge >= 0.3 is 5.97 Å². The van der Waals surface area contributed by atoms with Crippen LogP contribution in [0.2, 0.25) is 0 Å². The smallest absolute Gasteiger partial charge is 0.335 e. The van der Waals surface area contributed by atoms with Crippen molar-refractivity contribution in [2.45, 2.75) is 19.8 Å². The fraction of sp³-hybridized carbons (Fsp3) is 0.267. The summed E-state index contributed by atoms with van der Waals surface area (Å²) in [7, 11) is 0. The highest BCUT2D eigenvalue weighted by molar-refractivity contribution is 5.89. The predicted octanol–water partition coefficient (Wildman–Crippen LogP) is 2.53. The highest BCUT2D eigenvalue weighted by Gasteiger charge is 2.11. The van der Waals surface area contributed by atoms with Crippen molar-refractivity contribution in [3.63, 3.8) is 0 Å². The first-order valence-electron chi connectivity index (χ1n) is 6.68.